The lowest BCUT2D eigenvalue weighted by Crippen LogP contribution is -2.44. The van der Waals surface area contributed by atoms with Gasteiger partial charge in [-0.05, 0) is 42.9 Å². The number of ether oxygens (including phenoxy) is 1. The second-order valence-electron chi connectivity index (χ2n) is 7.96. The highest BCUT2D eigenvalue weighted by atomic mass is 16.5. The molecule has 0 aromatic carbocycles. The summed E-state index contributed by atoms with van der Waals surface area (Å²) in [4.78, 5) is 34.6. The second-order valence-corrected chi connectivity index (χ2v) is 7.96. The number of fused-ring (bicyclic) bond motifs is 1. The molecule has 0 spiro atoms. The molecule has 1 aromatic heterocycles. The SMILES string of the molecule is CCCOC(=O)C1=C(C)N=C2CC(C)(C)CC(=O)[C@@H]2[C@@H]1c1ccncc1. The summed E-state index contributed by atoms with van der Waals surface area (Å²) >= 11 is 0. The van der Waals surface area contributed by atoms with Crippen molar-refractivity contribution in [3.63, 3.8) is 0 Å². The first-order valence-corrected chi connectivity index (χ1v) is 9.22. The summed E-state index contributed by atoms with van der Waals surface area (Å²) in [7, 11) is 0. The van der Waals surface area contributed by atoms with E-state index in [0.717, 1.165) is 24.1 Å². The molecule has 2 heterocycles. The number of carbonyl (C=O) groups excluding carboxylic acids is 2. The number of aliphatic imine (C=N–C) groups is 1. The Morgan fingerprint density at radius 2 is 1.92 bits per heavy atom. The van der Waals surface area contributed by atoms with E-state index in [1.807, 2.05) is 26.0 Å². The lowest BCUT2D eigenvalue weighted by atomic mass is 9.63. The first-order chi connectivity index (χ1) is 12.3. The number of esters is 1. The largest absolute Gasteiger partial charge is 0.462 e. The van der Waals surface area contributed by atoms with Crippen LogP contribution in [0.4, 0.5) is 0 Å². The molecule has 1 aliphatic heterocycles. The first-order valence-electron chi connectivity index (χ1n) is 9.22. The Kier molecular flexibility index (Phi) is 5.08. The summed E-state index contributed by atoms with van der Waals surface area (Å²) < 4.78 is 5.42. The van der Waals surface area contributed by atoms with E-state index in [0.29, 0.717) is 24.3 Å². The van der Waals surface area contributed by atoms with Crippen LogP contribution >= 0.6 is 0 Å². The minimum atomic E-state index is -0.390. The molecule has 138 valence electrons. The normalized spacial score (nSPS) is 24.8. The molecule has 0 unspecified atom stereocenters. The Bertz CT molecular complexity index is 778. The smallest absolute Gasteiger partial charge is 0.336 e. The van der Waals surface area contributed by atoms with Gasteiger partial charge in [0.05, 0.1) is 18.1 Å². The van der Waals surface area contributed by atoms with Crippen molar-refractivity contribution < 1.29 is 14.3 Å². The number of allylic oxidation sites excluding steroid dienone is 1. The highest BCUT2D eigenvalue weighted by molar-refractivity contribution is 6.12. The maximum Gasteiger partial charge on any atom is 0.336 e. The third-order valence-corrected chi connectivity index (χ3v) is 5.09. The van der Waals surface area contributed by atoms with Crippen molar-refractivity contribution in [1.29, 1.82) is 0 Å². The second kappa shape index (κ2) is 7.14. The standard InChI is InChI=1S/C21H26N2O3/c1-5-10-26-20(25)17-13(2)23-15-11-21(3,4)12-16(24)19(15)18(17)14-6-8-22-9-7-14/h6-9,18-19H,5,10-12H2,1-4H3/t18-,19-/m1/s1. The number of aromatic nitrogens is 1. The first kappa shape index (κ1) is 18.5. The van der Waals surface area contributed by atoms with E-state index in [1.54, 1.807) is 12.4 Å². The van der Waals surface area contributed by atoms with Gasteiger partial charge in [0.15, 0.2) is 0 Å². The van der Waals surface area contributed by atoms with Gasteiger partial charge < -0.3 is 4.74 Å². The van der Waals surface area contributed by atoms with E-state index in [9.17, 15) is 9.59 Å². The van der Waals surface area contributed by atoms with Crippen LogP contribution in [0.1, 0.15) is 58.4 Å². The highest BCUT2D eigenvalue weighted by Gasteiger charge is 2.47. The van der Waals surface area contributed by atoms with E-state index < -0.39 is 5.92 Å². The van der Waals surface area contributed by atoms with E-state index in [2.05, 4.69) is 18.8 Å². The van der Waals surface area contributed by atoms with Crippen molar-refractivity contribution >= 4 is 17.5 Å². The van der Waals surface area contributed by atoms with Crippen LogP contribution < -0.4 is 0 Å². The molecule has 0 saturated heterocycles. The molecule has 0 radical (unpaired) electrons. The molecule has 26 heavy (non-hydrogen) atoms. The molecule has 2 atom stereocenters. The molecule has 3 rings (SSSR count). The molecular formula is C21H26N2O3. The predicted molar refractivity (Wildman–Crippen MR) is 99.9 cm³/mol. The Morgan fingerprint density at radius 1 is 1.23 bits per heavy atom. The number of Topliss-reactive ketones (excluding diaryl/α,β-unsaturated/α-hetero) is 1. The maximum absolute atomic E-state index is 13.0. The Balaban J connectivity index is 2.11. The average Bonchev–Trinajstić information content (AvgIpc) is 2.58. The maximum atomic E-state index is 13.0. The van der Waals surface area contributed by atoms with Gasteiger partial charge in [-0.1, -0.05) is 20.8 Å². The van der Waals surface area contributed by atoms with Gasteiger partial charge in [0, 0.05) is 36.1 Å². The zero-order valence-electron chi connectivity index (χ0n) is 15.9. The van der Waals surface area contributed by atoms with E-state index in [-0.39, 0.29) is 23.1 Å². The van der Waals surface area contributed by atoms with Crippen molar-refractivity contribution in [1.82, 2.24) is 4.98 Å². The lowest BCUT2D eigenvalue weighted by molar-refractivity contribution is -0.139. The van der Waals surface area contributed by atoms with Crippen LogP contribution in [-0.4, -0.2) is 29.1 Å². The number of hydrogen-bond donors (Lipinski definition) is 0. The fraction of sp³-hybridized carbons (Fsp3) is 0.524. The van der Waals surface area contributed by atoms with E-state index in [1.165, 1.54) is 0 Å². The van der Waals surface area contributed by atoms with E-state index in [4.69, 9.17) is 9.73 Å². The summed E-state index contributed by atoms with van der Waals surface area (Å²) in [6.45, 7) is 8.34. The van der Waals surface area contributed by atoms with Crippen LogP contribution in [0.5, 0.6) is 0 Å². The third-order valence-electron chi connectivity index (χ3n) is 5.09. The predicted octanol–water partition coefficient (Wildman–Crippen LogP) is 3.85. The number of pyridine rings is 1. The summed E-state index contributed by atoms with van der Waals surface area (Å²) in [5.41, 5.74) is 2.86. The van der Waals surface area contributed by atoms with Gasteiger partial charge in [0.1, 0.15) is 5.78 Å². The molecule has 1 aliphatic carbocycles. The molecule has 5 nitrogen and oxygen atoms in total. The molecular weight excluding hydrogens is 328 g/mol. The molecule has 1 saturated carbocycles. The Morgan fingerprint density at radius 3 is 2.58 bits per heavy atom. The Labute approximate surface area is 154 Å². The van der Waals surface area contributed by atoms with E-state index >= 15 is 0 Å². The van der Waals surface area contributed by atoms with Gasteiger partial charge >= 0.3 is 5.97 Å². The quantitative estimate of drug-likeness (QED) is 0.770. The minimum Gasteiger partial charge on any atom is -0.462 e. The summed E-state index contributed by atoms with van der Waals surface area (Å²) in [6.07, 6.45) is 5.40. The zero-order chi connectivity index (χ0) is 18.9. The third kappa shape index (κ3) is 3.48. The Hall–Kier alpha value is -2.30. The van der Waals surface area contributed by atoms with Crippen LogP contribution in [0.3, 0.4) is 0 Å². The summed E-state index contributed by atoms with van der Waals surface area (Å²) in [6, 6.07) is 3.75. The fourth-order valence-corrected chi connectivity index (χ4v) is 4.06. The number of ketones is 1. The topological polar surface area (TPSA) is 68.6 Å². The van der Waals surface area contributed by atoms with Crippen LogP contribution in [-0.2, 0) is 14.3 Å². The molecule has 1 fully saturated rings. The van der Waals surface area contributed by atoms with Crippen LogP contribution in [0.2, 0.25) is 0 Å². The van der Waals surface area contributed by atoms with Gasteiger partial charge in [0.25, 0.3) is 0 Å². The average molecular weight is 354 g/mol. The number of hydrogen-bond acceptors (Lipinski definition) is 5. The zero-order valence-corrected chi connectivity index (χ0v) is 15.9. The molecule has 2 aliphatic rings. The van der Waals surface area contributed by atoms with Gasteiger partial charge in [-0.2, -0.15) is 0 Å². The monoisotopic (exact) mass is 354 g/mol. The van der Waals surface area contributed by atoms with Crippen molar-refractivity contribution in [3.05, 3.63) is 41.4 Å². The van der Waals surface area contributed by atoms with Crippen molar-refractivity contribution in [2.24, 2.45) is 16.3 Å². The van der Waals surface area contributed by atoms with Gasteiger partial charge in [0.2, 0.25) is 0 Å². The summed E-state index contributed by atoms with van der Waals surface area (Å²) in [5.74, 6) is -0.960. The molecule has 1 aromatic rings. The molecule has 5 heteroatoms. The van der Waals surface area contributed by atoms with Crippen LogP contribution in [0, 0.1) is 11.3 Å². The van der Waals surface area contributed by atoms with Crippen molar-refractivity contribution in [2.45, 2.75) is 52.9 Å². The molecule has 0 amide bonds. The fourth-order valence-electron chi connectivity index (χ4n) is 4.06. The molecule has 0 N–H and O–H groups in total. The number of carbonyl (C=O) groups is 2. The lowest BCUT2D eigenvalue weighted by Gasteiger charge is -2.41. The minimum absolute atomic E-state index is 0.101. The van der Waals surface area contributed by atoms with Crippen LogP contribution in [0.25, 0.3) is 0 Å². The molecule has 0 bridgehead atoms. The van der Waals surface area contributed by atoms with Gasteiger partial charge in [-0.3, -0.25) is 14.8 Å². The highest BCUT2D eigenvalue weighted by Crippen LogP contribution is 2.46. The van der Waals surface area contributed by atoms with Gasteiger partial charge in [-0.25, -0.2) is 4.79 Å². The number of nitrogens with zero attached hydrogens (tertiary/aromatic N) is 2. The van der Waals surface area contributed by atoms with Gasteiger partial charge in [-0.15, -0.1) is 0 Å². The summed E-state index contributed by atoms with van der Waals surface area (Å²) in [5, 5.41) is 0. The van der Waals surface area contributed by atoms with Crippen LogP contribution in [0.15, 0.2) is 40.8 Å². The number of rotatable bonds is 4. The van der Waals surface area contributed by atoms with Crippen molar-refractivity contribution in [3.8, 4) is 0 Å². The van der Waals surface area contributed by atoms with Crippen molar-refractivity contribution in [2.75, 3.05) is 6.61 Å².